The number of ether oxygens (including phenoxy) is 2. The number of benzene rings is 2. The molecule has 0 aliphatic heterocycles. The minimum Gasteiger partial charge on any atom is -0.493 e. The van der Waals surface area contributed by atoms with E-state index in [9.17, 15) is 9.18 Å². The van der Waals surface area contributed by atoms with Crippen LogP contribution >= 0.6 is 0 Å². The fourth-order valence-electron chi connectivity index (χ4n) is 2.51. The van der Waals surface area contributed by atoms with E-state index in [1.54, 1.807) is 13.2 Å². The minimum atomic E-state index is -0.281. The van der Waals surface area contributed by atoms with Gasteiger partial charge in [-0.3, -0.25) is 4.79 Å². The van der Waals surface area contributed by atoms with Gasteiger partial charge in [-0.05, 0) is 48.2 Å². The quantitative estimate of drug-likeness (QED) is 0.645. The van der Waals surface area contributed by atoms with Gasteiger partial charge in [-0.2, -0.15) is 0 Å². The number of halogens is 1. The fourth-order valence-corrected chi connectivity index (χ4v) is 2.51. The summed E-state index contributed by atoms with van der Waals surface area (Å²) in [5, 5.41) is 2.88. The van der Waals surface area contributed by atoms with E-state index in [0.717, 1.165) is 24.0 Å². The molecular weight excluding hydrogens is 333 g/mol. The van der Waals surface area contributed by atoms with Crippen LogP contribution in [0.4, 0.5) is 4.39 Å². The molecule has 0 saturated heterocycles. The van der Waals surface area contributed by atoms with E-state index in [1.807, 2.05) is 24.3 Å². The number of carbonyl (C=O) groups is 1. The summed E-state index contributed by atoms with van der Waals surface area (Å²) in [4.78, 5) is 12.0. The van der Waals surface area contributed by atoms with Crippen LogP contribution in [0.15, 0.2) is 42.5 Å². The molecule has 140 valence electrons. The molecule has 0 fully saturated rings. The summed E-state index contributed by atoms with van der Waals surface area (Å²) < 4.78 is 24.2. The predicted octanol–water partition coefficient (Wildman–Crippen LogP) is 4.26. The molecule has 26 heavy (non-hydrogen) atoms. The molecule has 1 amide bonds. The molecule has 0 heterocycles. The highest BCUT2D eigenvalue weighted by atomic mass is 19.1. The number of hydrogen-bond donors (Lipinski definition) is 1. The van der Waals surface area contributed by atoms with E-state index in [0.29, 0.717) is 37.5 Å². The van der Waals surface area contributed by atoms with Crippen molar-refractivity contribution in [2.24, 2.45) is 0 Å². The van der Waals surface area contributed by atoms with Gasteiger partial charge in [0.05, 0.1) is 13.7 Å². The Labute approximate surface area is 154 Å². The summed E-state index contributed by atoms with van der Waals surface area (Å²) >= 11 is 0. The summed E-state index contributed by atoms with van der Waals surface area (Å²) in [6, 6.07) is 12.0. The number of nitrogens with one attached hydrogen (secondary N) is 1. The Morgan fingerprint density at radius 2 is 1.96 bits per heavy atom. The molecule has 0 spiro atoms. The van der Waals surface area contributed by atoms with E-state index in [4.69, 9.17) is 9.47 Å². The zero-order chi connectivity index (χ0) is 18.8. The van der Waals surface area contributed by atoms with Crippen molar-refractivity contribution in [2.45, 2.75) is 39.2 Å². The monoisotopic (exact) mass is 359 g/mol. The second kappa shape index (κ2) is 10.4. The first-order valence-corrected chi connectivity index (χ1v) is 8.93. The van der Waals surface area contributed by atoms with Crippen LogP contribution in [0, 0.1) is 5.82 Å². The number of hydrogen-bond acceptors (Lipinski definition) is 3. The average Bonchev–Trinajstić information content (AvgIpc) is 2.65. The molecule has 0 unspecified atom stereocenters. The third kappa shape index (κ3) is 6.39. The molecule has 2 aromatic rings. The summed E-state index contributed by atoms with van der Waals surface area (Å²) in [5.74, 6) is 1.02. The second-order valence-corrected chi connectivity index (χ2v) is 6.09. The Balaban J connectivity index is 1.83. The van der Waals surface area contributed by atoms with Gasteiger partial charge >= 0.3 is 0 Å². The third-order valence-electron chi connectivity index (χ3n) is 4.00. The van der Waals surface area contributed by atoms with Crippen LogP contribution in [-0.4, -0.2) is 19.6 Å². The largest absolute Gasteiger partial charge is 0.493 e. The van der Waals surface area contributed by atoms with Crippen LogP contribution in [0.1, 0.15) is 37.3 Å². The zero-order valence-corrected chi connectivity index (χ0v) is 15.4. The molecule has 0 saturated carbocycles. The topological polar surface area (TPSA) is 47.6 Å². The Morgan fingerprint density at radius 3 is 2.69 bits per heavy atom. The molecule has 2 aromatic carbocycles. The van der Waals surface area contributed by atoms with E-state index in [-0.39, 0.29) is 11.7 Å². The van der Waals surface area contributed by atoms with E-state index in [1.165, 1.54) is 12.1 Å². The lowest BCUT2D eigenvalue weighted by Crippen LogP contribution is -2.23. The SMILES string of the molecule is CCCCOc1ccc(CNC(=O)CCc2cccc(F)c2)cc1OC. The highest BCUT2D eigenvalue weighted by molar-refractivity contribution is 5.76. The molecule has 0 aliphatic carbocycles. The highest BCUT2D eigenvalue weighted by Crippen LogP contribution is 2.28. The molecular formula is C21H26FNO3. The van der Waals surface area contributed by atoms with Crippen molar-refractivity contribution in [3.8, 4) is 11.5 Å². The van der Waals surface area contributed by atoms with Crippen molar-refractivity contribution >= 4 is 5.91 Å². The Kier molecular flexibility index (Phi) is 7.93. The number of methoxy groups -OCH3 is 1. The average molecular weight is 359 g/mol. The molecule has 0 radical (unpaired) electrons. The van der Waals surface area contributed by atoms with Crippen molar-refractivity contribution in [2.75, 3.05) is 13.7 Å². The first-order chi connectivity index (χ1) is 12.6. The third-order valence-corrected chi connectivity index (χ3v) is 4.00. The minimum absolute atomic E-state index is 0.0727. The van der Waals surface area contributed by atoms with Crippen molar-refractivity contribution in [3.05, 3.63) is 59.4 Å². The van der Waals surface area contributed by atoms with Crippen molar-refractivity contribution in [3.63, 3.8) is 0 Å². The number of carbonyl (C=O) groups excluding carboxylic acids is 1. The lowest BCUT2D eigenvalue weighted by atomic mass is 10.1. The lowest BCUT2D eigenvalue weighted by Gasteiger charge is -2.12. The second-order valence-electron chi connectivity index (χ2n) is 6.09. The lowest BCUT2D eigenvalue weighted by molar-refractivity contribution is -0.121. The Bertz CT molecular complexity index is 718. The zero-order valence-electron chi connectivity index (χ0n) is 15.4. The van der Waals surface area contributed by atoms with E-state index >= 15 is 0 Å². The van der Waals surface area contributed by atoms with Gasteiger partial charge in [0.15, 0.2) is 11.5 Å². The first-order valence-electron chi connectivity index (χ1n) is 8.93. The normalized spacial score (nSPS) is 10.4. The maximum absolute atomic E-state index is 13.1. The summed E-state index contributed by atoms with van der Waals surface area (Å²) in [5.41, 5.74) is 1.75. The molecule has 4 nitrogen and oxygen atoms in total. The van der Waals surface area contributed by atoms with Gasteiger partial charge in [0.1, 0.15) is 5.82 Å². The Morgan fingerprint density at radius 1 is 1.12 bits per heavy atom. The van der Waals surface area contributed by atoms with Crippen LogP contribution in [0.25, 0.3) is 0 Å². The molecule has 0 atom stereocenters. The predicted molar refractivity (Wildman–Crippen MR) is 100.0 cm³/mol. The number of unbranched alkanes of at least 4 members (excludes halogenated alkanes) is 1. The van der Waals surface area contributed by atoms with E-state index < -0.39 is 0 Å². The van der Waals surface area contributed by atoms with Crippen molar-refractivity contribution in [1.29, 1.82) is 0 Å². The first kappa shape index (κ1) is 19.8. The van der Waals surface area contributed by atoms with Gasteiger partial charge in [-0.15, -0.1) is 0 Å². The van der Waals surface area contributed by atoms with Crippen LogP contribution in [0.5, 0.6) is 11.5 Å². The molecule has 5 heteroatoms. The van der Waals surface area contributed by atoms with Crippen LogP contribution in [-0.2, 0) is 17.8 Å². The maximum atomic E-state index is 13.1. The molecule has 0 aromatic heterocycles. The highest BCUT2D eigenvalue weighted by Gasteiger charge is 2.08. The number of aryl methyl sites for hydroxylation is 1. The van der Waals surface area contributed by atoms with Crippen LogP contribution in [0.2, 0.25) is 0 Å². The molecule has 2 rings (SSSR count). The van der Waals surface area contributed by atoms with Gasteiger partial charge in [0, 0.05) is 13.0 Å². The van der Waals surface area contributed by atoms with Crippen molar-refractivity contribution < 1.29 is 18.7 Å². The van der Waals surface area contributed by atoms with Gasteiger partial charge in [0.25, 0.3) is 0 Å². The maximum Gasteiger partial charge on any atom is 0.220 e. The standard InChI is InChI=1S/C21H26FNO3/c1-3-4-12-26-19-10-8-17(14-20(19)25-2)15-23-21(24)11-9-16-6-5-7-18(22)13-16/h5-8,10,13-14H,3-4,9,11-12,15H2,1-2H3,(H,23,24). The fraction of sp³-hybridized carbons (Fsp3) is 0.381. The summed E-state index contributed by atoms with van der Waals surface area (Å²) in [7, 11) is 1.60. The van der Waals surface area contributed by atoms with Crippen LogP contribution in [0.3, 0.4) is 0 Å². The van der Waals surface area contributed by atoms with E-state index in [2.05, 4.69) is 12.2 Å². The molecule has 0 aliphatic rings. The Hall–Kier alpha value is -2.56. The summed E-state index contributed by atoms with van der Waals surface area (Å²) in [6.07, 6.45) is 2.89. The smallest absolute Gasteiger partial charge is 0.220 e. The van der Waals surface area contributed by atoms with Gasteiger partial charge in [-0.1, -0.05) is 31.5 Å². The van der Waals surface area contributed by atoms with Gasteiger partial charge in [0.2, 0.25) is 5.91 Å². The van der Waals surface area contributed by atoms with Gasteiger partial charge in [-0.25, -0.2) is 4.39 Å². The summed E-state index contributed by atoms with van der Waals surface area (Å²) in [6.45, 7) is 3.18. The molecule has 0 bridgehead atoms. The van der Waals surface area contributed by atoms with Crippen LogP contribution < -0.4 is 14.8 Å². The number of amides is 1. The number of rotatable bonds is 10. The molecule has 1 N–H and O–H groups in total. The van der Waals surface area contributed by atoms with Gasteiger partial charge < -0.3 is 14.8 Å². The van der Waals surface area contributed by atoms with Crippen molar-refractivity contribution in [1.82, 2.24) is 5.32 Å².